The molecule has 35 heavy (non-hydrogen) atoms. The second kappa shape index (κ2) is 9.39. The molecule has 0 bridgehead atoms. The second-order valence-corrected chi connectivity index (χ2v) is 12.8. The van der Waals surface area contributed by atoms with E-state index in [1.54, 1.807) is 17.4 Å². The van der Waals surface area contributed by atoms with Crippen LogP contribution in [-0.2, 0) is 0 Å². The van der Waals surface area contributed by atoms with Gasteiger partial charge in [-0.05, 0) is 62.2 Å². The zero-order valence-corrected chi connectivity index (χ0v) is 22.8. The van der Waals surface area contributed by atoms with E-state index in [1.807, 2.05) is 84.9 Å². The minimum absolute atomic E-state index is 0.313. The Labute approximate surface area is 226 Å². The number of rotatable bonds is 4. The molecule has 0 N–H and O–H groups in total. The average Bonchev–Trinajstić information content (AvgIpc) is 3.51. The maximum Gasteiger partial charge on any atom is 0.134 e. The van der Waals surface area contributed by atoms with Crippen LogP contribution in [0.2, 0.25) is 0 Å². The van der Waals surface area contributed by atoms with Gasteiger partial charge in [-0.25, -0.2) is 14.4 Å². The zero-order chi connectivity index (χ0) is 23.9. The van der Waals surface area contributed by atoms with Gasteiger partial charge >= 0.3 is 0 Å². The quantitative estimate of drug-likeness (QED) is 0.196. The van der Waals surface area contributed by atoms with E-state index < -0.39 is 0 Å². The van der Waals surface area contributed by atoms with E-state index in [-0.39, 0.29) is 5.82 Å². The van der Waals surface area contributed by atoms with Crippen LogP contribution in [0.25, 0.3) is 54.4 Å². The Morgan fingerprint density at radius 1 is 0.600 bits per heavy atom. The van der Waals surface area contributed by atoms with E-state index >= 15 is 4.39 Å². The SMILES string of the molecule is Fc1cc(-c2ccc(Br)s2)c2nc(-c3ccccc3)c(-c3ccccc3)nc2c1-c1ccc(Br)s1. The van der Waals surface area contributed by atoms with Gasteiger partial charge in [-0.2, -0.15) is 0 Å². The van der Waals surface area contributed by atoms with E-state index in [9.17, 15) is 0 Å². The van der Waals surface area contributed by atoms with E-state index in [0.29, 0.717) is 16.6 Å². The highest BCUT2D eigenvalue weighted by Gasteiger charge is 2.23. The minimum atomic E-state index is -0.313. The molecule has 3 aromatic carbocycles. The van der Waals surface area contributed by atoms with Gasteiger partial charge in [0.05, 0.1) is 30.0 Å². The molecule has 170 valence electrons. The second-order valence-electron chi connectivity index (χ2n) is 7.84. The molecule has 6 rings (SSSR count). The molecule has 2 nitrogen and oxygen atoms in total. The molecule has 0 radical (unpaired) electrons. The van der Waals surface area contributed by atoms with Gasteiger partial charge in [-0.15, -0.1) is 22.7 Å². The molecule has 0 aliphatic heterocycles. The monoisotopic (exact) mass is 620 g/mol. The van der Waals surface area contributed by atoms with Crippen molar-refractivity contribution in [2.24, 2.45) is 0 Å². The van der Waals surface area contributed by atoms with Crippen molar-refractivity contribution < 1.29 is 4.39 Å². The van der Waals surface area contributed by atoms with E-state index in [1.165, 1.54) is 11.3 Å². The fourth-order valence-electron chi connectivity index (χ4n) is 4.10. The van der Waals surface area contributed by atoms with Gasteiger partial charge in [0, 0.05) is 26.4 Å². The number of benzene rings is 3. The molecule has 0 fully saturated rings. The first kappa shape index (κ1) is 22.7. The first-order chi connectivity index (χ1) is 17.1. The van der Waals surface area contributed by atoms with Gasteiger partial charge in [-0.3, -0.25) is 0 Å². The lowest BCUT2D eigenvalue weighted by Crippen LogP contribution is -2.00. The van der Waals surface area contributed by atoms with Gasteiger partial charge in [0.1, 0.15) is 11.3 Å². The van der Waals surface area contributed by atoms with Crippen LogP contribution in [-0.4, -0.2) is 9.97 Å². The largest absolute Gasteiger partial charge is 0.243 e. The fourth-order valence-corrected chi connectivity index (χ4v) is 6.94. The number of aromatic nitrogens is 2. The molecule has 0 aliphatic rings. The van der Waals surface area contributed by atoms with Gasteiger partial charge in [0.25, 0.3) is 0 Å². The highest BCUT2D eigenvalue weighted by atomic mass is 79.9. The third-order valence-corrected chi connectivity index (χ3v) is 8.95. The highest BCUT2D eigenvalue weighted by Crippen LogP contribution is 2.44. The van der Waals surface area contributed by atoms with Crippen LogP contribution in [0.1, 0.15) is 0 Å². The first-order valence-corrected chi connectivity index (χ1v) is 14.0. The number of halogens is 3. The maximum atomic E-state index is 15.8. The summed E-state index contributed by atoms with van der Waals surface area (Å²) in [6.07, 6.45) is 0. The normalized spacial score (nSPS) is 11.3. The molecule has 0 amide bonds. The number of nitrogens with zero attached hydrogens (tertiary/aromatic N) is 2. The summed E-state index contributed by atoms with van der Waals surface area (Å²) in [5, 5.41) is 0. The summed E-state index contributed by atoms with van der Waals surface area (Å²) in [4.78, 5) is 12.1. The van der Waals surface area contributed by atoms with Gasteiger partial charge < -0.3 is 0 Å². The maximum absolute atomic E-state index is 15.8. The van der Waals surface area contributed by atoms with Crippen molar-refractivity contribution in [2.45, 2.75) is 0 Å². The van der Waals surface area contributed by atoms with Crippen LogP contribution < -0.4 is 0 Å². The van der Waals surface area contributed by atoms with Crippen molar-refractivity contribution in [1.82, 2.24) is 9.97 Å². The van der Waals surface area contributed by atoms with E-state index in [2.05, 4.69) is 31.9 Å². The molecule has 0 saturated carbocycles. The molecule has 0 saturated heterocycles. The molecular weight excluding hydrogens is 607 g/mol. The summed E-state index contributed by atoms with van der Waals surface area (Å²) in [6.45, 7) is 0. The van der Waals surface area contributed by atoms with Crippen LogP contribution >= 0.6 is 54.5 Å². The van der Waals surface area contributed by atoms with Crippen molar-refractivity contribution in [2.75, 3.05) is 0 Å². The van der Waals surface area contributed by atoms with Crippen LogP contribution in [0, 0.1) is 5.82 Å². The number of thiophene rings is 2. The third-order valence-electron chi connectivity index (χ3n) is 5.65. The Hall–Kier alpha value is -2.71. The van der Waals surface area contributed by atoms with Crippen LogP contribution in [0.3, 0.4) is 0 Å². The third kappa shape index (κ3) is 4.27. The average molecular weight is 622 g/mol. The van der Waals surface area contributed by atoms with Crippen molar-refractivity contribution in [3.05, 3.63) is 104 Å². The predicted octanol–water partition coefficient (Wildman–Crippen LogP) is 10.1. The Kier molecular flexibility index (Phi) is 6.10. The fraction of sp³-hybridized carbons (Fsp3) is 0. The number of fused-ring (bicyclic) bond motifs is 1. The number of hydrogen-bond acceptors (Lipinski definition) is 4. The molecular formula is C28H15Br2FN2S2. The van der Waals surface area contributed by atoms with Gasteiger partial charge in [-0.1, -0.05) is 60.7 Å². The lowest BCUT2D eigenvalue weighted by molar-refractivity contribution is 0.633. The number of hydrogen-bond donors (Lipinski definition) is 0. The van der Waals surface area contributed by atoms with Gasteiger partial charge in [0.2, 0.25) is 0 Å². The molecule has 0 spiro atoms. The summed E-state index contributed by atoms with van der Waals surface area (Å²) in [5.41, 5.74) is 5.83. The highest BCUT2D eigenvalue weighted by molar-refractivity contribution is 9.11. The van der Waals surface area contributed by atoms with Crippen molar-refractivity contribution in [3.63, 3.8) is 0 Å². The summed E-state index contributed by atoms with van der Waals surface area (Å²) < 4.78 is 17.8. The summed E-state index contributed by atoms with van der Waals surface area (Å²) in [6, 6.07) is 29.4. The molecule has 7 heteroatoms. The topological polar surface area (TPSA) is 25.8 Å². The molecule has 6 aromatic rings. The first-order valence-electron chi connectivity index (χ1n) is 10.7. The van der Waals surface area contributed by atoms with Crippen molar-refractivity contribution in [3.8, 4) is 43.4 Å². The molecule has 0 atom stereocenters. The van der Waals surface area contributed by atoms with Crippen LogP contribution in [0.15, 0.2) is 98.6 Å². The Morgan fingerprint density at radius 2 is 1.11 bits per heavy atom. The predicted molar refractivity (Wildman–Crippen MR) is 152 cm³/mol. The van der Waals surface area contributed by atoms with Crippen LogP contribution in [0.5, 0.6) is 0 Å². The molecule has 0 unspecified atom stereocenters. The smallest absolute Gasteiger partial charge is 0.134 e. The molecule has 3 heterocycles. The summed E-state index contributed by atoms with van der Waals surface area (Å²) in [7, 11) is 0. The van der Waals surface area contributed by atoms with Crippen LogP contribution in [0.4, 0.5) is 4.39 Å². The Balaban J connectivity index is 1.76. The van der Waals surface area contributed by atoms with Gasteiger partial charge in [0.15, 0.2) is 0 Å². The van der Waals surface area contributed by atoms with Crippen molar-refractivity contribution >= 4 is 65.6 Å². The molecule has 3 aromatic heterocycles. The molecule has 0 aliphatic carbocycles. The summed E-state index contributed by atoms with van der Waals surface area (Å²) in [5.74, 6) is -0.313. The lowest BCUT2D eigenvalue weighted by Gasteiger charge is -2.15. The Bertz CT molecular complexity index is 1680. The minimum Gasteiger partial charge on any atom is -0.243 e. The summed E-state index contributed by atoms with van der Waals surface area (Å²) >= 11 is 10.1. The lowest BCUT2D eigenvalue weighted by atomic mass is 10.0. The van der Waals surface area contributed by atoms with Crippen molar-refractivity contribution in [1.29, 1.82) is 0 Å². The van der Waals surface area contributed by atoms with E-state index in [0.717, 1.165) is 45.4 Å². The van der Waals surface area contributed by atoms with E-state index in [4.69, 9.17) is 9.97 Å². The standard InChI is InChI=1S/C28H15Br2FN2S2/c29-22-13-11-20(34-22)18-15-19(31)24(21-12-14-23(30)35-21)28-27(18)32-25(16-7-3-1-4-8-16)26(33-28)17-9-5-2-6-10-17/h1-15H. The zero-order valence-electron chi connectivity index (χ0n) is 18.0. The Morgan fingerprint density at radius 3 is 1.63 bits per heavy atom.